The topological polar surface area (TPSA) is 20.2 Å². The Morgan fingerprint density at radius 3 is 2.21 bits per heavy atom. The van der Waals surface area contributed by atoms with Crippen molar-refractivity contribution >= 4 is 28.5 Å². The van der Waals surface area contributed by atoms with E-state index < -0.39 is 0 Å². The Kier molecular flexibility index (Phi) is 4.81. The smallest absolute Gasteiger partial charge is 0.0622 e. The van der Waals surface area contributed by atoms with Gasteiger partial charge in [-0.25, -0.2) is 0 Å². The maximum Gasteiger partial charge on any atom is 0.0622 e. The van der Waals surface area contributed by atoms with E-state index in [2.05, 4.69) is 99.1 Å². The van der Waals surface area contributed by atoms with Crippen LogP contribution in [0.4, 0.5) is 5.69 Å². The summed E-state index contributed by atoms with van der Waals surface area (Å²) in [7, 11) is 0. The molecule has 1 fully saturated rings. The lowest BCUT2D eigenvalue weighted by molar-refractivity contribution is 0.590. The Morgan fingerprint density at radius 2 is 1.46 bits per heavy atom. The Morgan fingerprint density at radius 1 is 0.750 bits per heavy atom. The van der Waals surface area contributed by atoms with Crippen molar-refractivity contribution in [2.24, 2.45) is 0 Å². The molecule has 0 bridgehead atoms. The minimum absolute atomic E-state index is 1.04. The van der Waals surface area contributed by atoms with Gasteiger partial charge in [-0.1, -0.05) is 54.6 Å². The highest BCUT2D eigenvalue weighted by Crippen LogP contribution is 2.38. The minimum Gasteiger partial charge on any atom is -0.368 e. The van der Waals surface area contributed by atoms with Crippen LogP contribution < -0.4 is 10.2 Å². The normalized spacial score (nSPS) is 14.5. The molecular weight excluding hydrogens is 362 g/mol. The van der Waals surface area contributed by atoms with Crippen molar-refractivity contribution in [1.29, 1.82) is 0 Å². The van der Waals surface area contributed by atoms with Gasteiger partial charge in [-0.2, -0.15) is 0 Å². The van der Waals surface area contributed by atoms with Crippen molar-refractivity contribution < 1.29 is 0 Å². The molecule has 1 N–H and O–H groups in total. The van der Waals surface area contributed by atoms with E-state index in [1.807, 2.05) is 0 Å². The fourth-order valence-electron chi connectivity index (χ4n) is 3.87. The quantitative estimate of drug-likeness (QED) is 0.517. The van der Waals surface area contributed by atoms with Crippen molar-refractivity contribution in [1.82, 2.24) is 9.29 Å². The van der Waals surface area contributed by atoms with Crippen molar-refractivity contribution in [3.8, 4) is 11.3 Å². The van der Waals surface area contributed by atoms with Crippen LogP contribution in [0.25, 0.3) is 22.2 Å². The first-order valence-electron chi connectivity index (χ1n) is 9.79. The summed E-state index contributed by atoms with van der Waals surface area (Å²) in [4.78, 5) is 3.75. The van der Waals surface area contributed by atoms with Crippen LogP contribution >= 0.6 is 11.9 Å². The Labute approximate surface area is 170 Å². The van der Waals surface area contributed by atoms with Crippen molar-refractivity contribution in [2.75, 3.05) is 31.1 Å². The molecule has 1 saturated heterocycles. The monoisotopic (exact) mass is 385 g/mol. The summed E-state index contributed by atoms with van der Waals surface area (Å²) < 4.78 is 2.38. The predicted octanol–water partition coefficient (Wildman–Crippen LogP) is 5.27. The lowest BCUT2D eigenvalue weighted by Gasteiger charge is -2.30. The van der Waals surface area contributed by atoms with Gasteiger partial charge in [0.05, 0.1) is 11.2 Å². The molecule has 1 aromatic heterocycles. The van der Waals surface area contributed by atoms with Crippen LogP contribution in [0.2, 0.25) is 0 Å². The van der Waals surface area contributed by atoms with Crippen molar-refractivity contribution in [3.05, 3.63) is 84.9 Å². The molecule has 4 aromatic rings. The number of nitrogens with one attached hydrogen (secondary N) is 1. The number of hydrogen-bond acceptors (Lipinski definition) is 3. The summed E-state index contributed by atoms with van der Waals surface area (Å²) in [6.45, 7) is 4.19. The number of aromatic nitrogens is 1. The van der Waals surface area contributed by atoms with Gasteiger partial charge >= 0.3 is 0 Å². The fraction of sp³-hybridized carbons (Fsp3) is 0.167. The molecule has 0 radical (unpaired) electrons. The summed E-state index contributed by atoms with van der Waals surface area (Å²) in [5.74, 6) is 0. The summed E-state index contributed by atoms with van der Waals surface area (Å²) in [6.07, 6.45) is 0. The van der Waals surface area contributed by atoms with Gasteiger partial charge in [0, 0.05) is 42.1 Å². The van der Waals surface area contributed by atoms with E-state index in [9.17, 15) is 0 Å². The molecule has 140 valence electrons. The van der Waals surface area contributed by atoms with E-state index in [1.165, 1.54) is 32.7 Å². The largest absolute Gasteiger partial charge is 0.368 e. The van der Waals surface area contributed by atoms with E-state index in [4.69, 9.17) is 0 Å². The Hall–Kier alpha value is -2.69. The standard InChI is InChI=1S/C24H23N3S/c1-3-8-19(9-4-1)24-18-21-22(26-16-14-25-15-17-26)12-7-13-23(21)27(24)28-20-10-5-2-6-11-20/h1-13,18,25H,14-17H2. The fourth-order valence-corrected chi connectivity index (χ4v) is 4.87. The summed E-state index contributed by atoms with van der Waals surface area (Å²) in [5.41, 5.74) is 5.09. The molecule has 0 amide bonds. The van der Waals surface area contributed by atoms with E-state index in [0.717, 1.165) is 26.2 Å². The van der Waals surface area contributed by atoms with Crippen LogP contribution in [0, 0.1) is 0 Å². The second-order valence-corrected chi connectivity index (χ2v) is 8.06. The van der Waals surface area contributed by atoms with E-state index in [-0.39, 0.29) is 0 Å². The van der Waals surface area contributed by atoms with Gasteiger partial charge in [0.1, 0.15) is 0 Å². The maximum atomic E-state index is 3.46. The van der Waals surface area contributed by atoms with Gasteiger partial charge in [-0.3, -0.25) is 3.97 Å². The molecule has 0 aliphatic carbocycles. The number of nitrogens with zero attached hydrogens (tertiary/aromatic N) is 2. The van der Waals surface area contributed by atoms with Crippen LogP contribution in [-0.2, 0) is 0 Å². The van der Waals surface area contributed by atoms with E-state index in [0.29, 0.717) is 0 Å². The average molecular weight is 386 g/mol. The number of hydrogen-bond donors (Lipinski definition) is 1. The minimum atomic E-state index is 1.04. The van der Waals surface area contributed by atoms with Crippen molar-refractivity contribution in [2.45, 2.75) is 4.90 Å². The molecule has 0 spiro atoms. The summed E-state index contributed by atoms with van der Waals surface area (Å²) in [6, 6.07) is 30.4. The molecule has 3 nitrogen and oxygen atoms in total. The van der Waals surface area contributed by atoms with Crippen LogP contribution in [-0.4, -0.2) is 30.2 Å². The highest BCUT2D eigenvalue weighted by molar-refractivity contribution is 7.98. The molecule has 1 aliphatic rings. The third-order valence-corrected chi connectivity index (χ3v) is 6.30. The number of rotatable bonds is 4. The maximum absolute atomic E-state index is 3.46. The summed E-state index contributed by atoms with van der Waals surface area (Å²) in [5, 5.41) is 4.78. The number of piperazine rings is 1. The van der Waals surface area contributed by atoms with Gasteiger partial charge in [-0.05, 0) is 47.8 Å². The SMILES string of the molecule is c1ccc(Sn2c(-c3ccccc3)cc3c(N4CCNCC4)cccc32)cc1. The zero-order valence-electron chi connectivity index (χ0n) is 15.7. The number of anilines is 1. The van der Waals surface area contributed by atoms with Gasteiger partial charge in [0.15, 0.2) is 0 Å². The first kappa shape index (κ1) is 17.4. The number of benzene rings is 3. The molecule has 3 aromatic carbocycles. The molecular formula is C24H23N3S. The van der Waals surface area contributed by atoms with Gasteiger partial charge in [0.2, 0.25) is 0 Å². The third-order valence-electron chi connectivity index (χ3n) is 5.25. The first-order valence-corrected chi connectivity index (χ1v) is 10.6. The molecule has 4 heteroatoms. The number of fused-ring (bicyclic) bond motifs is 1. The molecule has 2 heterocycles. The highest BCUT2D eigenvalue weighted by atomic mass is 32.2. The van der Waals surface area contributed by atoms with Gasteiger partial charge < -0.3 is 10.2 Å². The molecule has 5 rings (SSSR count). The van der Waals surface area contributed by atoms with Crippen LogP contribution in [0.3, 0.4) is 0 Å². The van der Waals surface area contributed by atoms with E-state index in [1.54, 1.807) is 11.9 Å². The Bertz CT molecular complexity index is 1070. The molecule has 0 atom stereocenters. The molecule has 28 heavy (non-hydrogen) atoms. The van der Waals surface area contributed by atoms with Gasteiger partial charge in [-0.15, -0.1) is 0 Å². The molecule has 0 saturated carbocycles. The second-order valence-electron chi connectivity index (χ2n) is 7.04. The first-order chi connectivity index (χ1) is 13.9. The average Bonchev–Trinajstić information content (AvgIpc) is 3.14. The lowest BCUT2D eigenvalue weighted by Crippen LogP contribution is -2.43. The van der Waals surface area contributed by atoms with Crippen LogP contribution in [0.15, 0.2) is 89.8 Å². The van der Waals surface area contributed by atoms with Crippen LogP contribution in [0.1, 0.15) is 0 Å². The molecule has 0 unspecified atom stereocenters. The second kappa shape index (κ2) is 7.74. The zero-order valence-corrected chi connectivity index (χ0v) is 16.5. The Balaban J connectivity index is 1.68. The zero-order chi connectivity index (χ0) is 18.8. The van der Waals surface area contributed by atoms with Crippen molar-refractivity contribution in [3.63, 3.8) is 0 Å². The predicted molar refractivity (Wildman–Crippen MR) is 120 cm³/mol. The van der Waals surface area contributed by atoms with Gasteiger partial charge in [0.25, 0.3) is 0 Å². The third kappa shape index (κ3) is 3.30. The highest BCUT2D eigenvalue weighted by Gasteiger charge is 2.18. The lowest BCUT2D eigenvalue weighted by atomic mass is 10.1. The van der Waals surface area contributed by atoms with Crippen LogP contribution in [0.5, 0.6) is 0 Å². The molecule has 1 aliphatic heterocycles. The van der Waals surface area contributed by atoms with E-state index >= 15 is 0 Å². The summed E-state index contributed by atoms with van der Waals surface area (Å²) >= 11 is 1.79.